The molecule has 1 aliphatic rings. The van der Waals surface area contributed by atoms with Crippen LogP contribution >= 0.6 is 0 Å². The third-order valence-corrected chi connectivity index (χ3v) is 5.59. The van der Waals surface area contributed by atoms with Crippen LogP contribution in [0.5, 0.6) is 0 Å². The van der Waals surface area contributed by atoms with Crippen LogP contribution in [0.15, 0.2) is 47.5 Å². The minimum absolute atomic E-state index is 0.215. The number of hydrogen-bond acceptors (Lipinski definition) is 3. The first-order chi connectivity index (χ1) is 12.8. The predicted molar refractivity (Wildman–Crippen MR) is 119 cm³/mol. The van der Waals surface area contributed by atoms with Gasteiger partial charge in [0.25, 0.3) is 0 Å². The van der Waals surface area contributed by atoms with Crippen LogP contribution in [-0.4, -0.2) is 32.4 Å². The molecule has 2 aromatic rings. The molecule has 0 bridgehead atoms. The first kappa shape index (κ1) is 19.5. The Labute approximate surface area is 164 Å². The highest BCUT2D eigenvalue weighted by Crippen LogP contribution is 2.43. The standard InChI is InChI=1S/C24H33N3/c1-7-14-27-23-13-8-19(15-22(23)18(2)16-24(27,3)4)17-25-20-9-11-21(12-10-20)26(5)6/h8-13,15,17-18H,7,14,16H2,1-6H3. The van der Waals surface area contributed by atoms with Crippen LogP contribution in [0.2, 0.25) is 0 Å². The lowest BCUT2D eigenvalue weighted by Crippen LogP contribution is -2.48. The molecule has 2 aromatic carbocycles. The number of nitrogens with zero attached hydrogens (tertiary/aromatic N) is 3. The molecule has 1 heterocycles. The van der Waals surface area contributed by atoms with Crippen LogP contribution in [0.3, 0.4) is 0 Å². The summed E-state index contributed by atoms with van der Waals surface area (Å²) in [6.45, 7) is 10.5. The van der Waals surface area contributed by atoms with E-state index in [0.717, 1.165) is 12.2 Å². The first-order valence-electron chi connectivity index (χ1n) is 10.0. The minimum Gasteiger partial charge on any atom is -0.378 e. The van der Waals surface area contributed by atoms with Crippen molar-refractivity contribution < 1.29 is 0 Å². The normalized spacial score (nSPS) is 18.6. The summed E-state index contributed by atoms with van der Waals surface area (Å²) in [5, 5.41) is 0. The van der Waals surface area contributed by atoms with Gasteiger partial charge in [-0.25, -0.2) is 0 Å². The maximum atomic E-state index is 4.68. The van der Waals surface area contributed by atoms with Gasteiger partial charge in [0.15, 0.2) is 0 Å². The maximum absolute atomic E-state index is 4.68. The van der Waals surface area contributed by atoms with Crippen LogP contribution < -0.4 is 9.80 Å². The predicted octanol–water partition coefficient (Wildman–Crippen LogP) is 6.01. The fourth-order valence-corrected chi connectivity index (χ4v) is 4.22. The molecule has 0 amide bonds. The van der Waals surface area contributed by atoms with E-state index in [0.29, 0.717) is 5.92 Å². The van der Waals surface area contributed by atoms with Crippen molar-refractivity contribution in [3.05, 3.63) is 53.6 Å². The Morgan fingerprint density at radius 3 is 2.48 bits per heavy atom. The number of hydrogen-bond donors (Lipinski definition) is 0. The SMILES string of the molecule is CCCN1c2ccc(C=Nc3ccc(N(C)C)cc3)cc2C(C)CC1(C)C. The van der Waals surface area contributed by atoms with Crippen molar-refractivity contribution in [3.8, 4) is 0 Å². The van der Waals surface area contributed by atoms with Gasteiger partial charge in [0.2, 0.25) is 0 Å². The Morgan fingerprint density at radius 2 is 1.85 bits per heavy atom. The van der Waals surface area contributed by atoms with Crippen molar-refractivity contribution in [2.45, 2.75) is 52.0 Å². The molecule has 3 rings (SSSR count). The molecule has 1 aliphatic heterocycles. The van der Waals surface area contributed by atoms with Gasteiger partial charge in [0.1, 0.15) is 0 Å². The van der Waals surface area contributed by atoms with Crippen LogP contribution in [0, 0.1) is 0 Å². The van der Waals surface area contributed by atoms with Gasteiger partial charge in [0, 0.05) is 43.8 Å². The van der Waals surface area contributed by atoms with E-state index in [1.807, 2.05) is 6.21 Å². The highest BCUT2D eigenvalue weighted by molar-refractivity contribution is 5.84. The molecule has 0 fully saturated rings. The van der Waals surface area contributed by atoms with Gasteiger partial charge >= 0.3 is 0 Å². The fraction of sp³-hybridized carbons (Fsp3) is 0.458. The van der Waals surface area contributed by atoms with E-state index in [2.05, 4.69) is 99.0 Å². The second-order valence-electron chi connectivity index (χ2n) is 8.56. The van der Waals surface area contributed by atoms with E-state index in [-0.39, 0.29) is 5.54 Å². The summed E-state index contributed by atoms with van der Waals surface area (Å²) in [4.78, 5) is 9.36. The lowest BCUT2D eigenvalue weighted by molar-refractivity contribution is 0.376. The third kappa shape index (κ3) is 4.18. The molecule has 0 saturated heterocycles. The Balaban J connectivity index is 1.86. The smallest absolute Gasteiger partial charge is 0.0631 e. The molecule has 1 unspecified atom stereocenters. The highest BCUT2D eigenvalue weighted by atomic mass is 15.2. The largest absolute Gasteiger partial charge is 0.378 e. The molecule has 0 aromatic heterocycles. The van der Waals surface area contributed by atoms with E-state index in [1.165, 1.54) is 35.3 Å². The molecule has 0 radical (unpaired) electrons. The van der Waals surface area contributed by atoms with Crippen LogP contribution in [0.4, 0.5) is 17.1 Å². The van der Waals surface area contributed by atoms with Crippen LogP contribution in [0.1, 0.15) is 57.6 Å². The zero-order valence-electron chi connectivity index (χ0n) is 17.7. The summed E-state index contributed by atoms with van der Waals surface area (Å²) in [7, 11) is 4.10. The summed E-state index contributed by atoms with van der Waals surface area (Å²) in [5.41, 5.74) is 6.41. The van der Waals surface area contributed by atoms with E-state index < -0.39 is 0 Å². The molecule has 0 aliphatic carbocycles. The van der Waals surface area contributed by atoms with Crippen molar-refractivity contribution in [3.63, 3.8) is 0 Å². The molecule has 0 N–H and O–H groups in total. The molecule has 3 nitrogen and oxygen atoms in total. The number of aliphatic imine (C=N–C) groups is 1. The Morgan fingerprint density at radius 1 is 1.15 bits per heavy atom. The lowest BCUT2D eigenvalue weighted by Gasteiger charge is -2.47. The van der Waals surface area contributed by atoms with E-state index in [4.69, 9.17) is 0 Å². The average molecular weight is 364 g/mol. The molecule has 3 heteroatoms. The van der Waals surface area contributed by atoms with E-state index >= 15 is 0 Å². The molecular weight excluding hydrogens is 330 g/mol. The van der Waals surface area contributed by atoms with Crippen molar-refractivity contribution in [2.24, 2.45) is 4.99 Å². The summed E-state index contributed by atoms with van der Waals surface area (Å²) >= 11 is 0. The van der Waals surface area contributed by atoms with Gasteiger partial charge in [-0.05, 0) is 80.1 Å². The number of fused-ring (bicyclic) bond motifs is 1. The Bertz CT molecular complexity index is 803. The van der Waals surface area contributed by atoms with Gasteiger partial charge in [-0.15, -0.1) is 0 Å². The molecule has 0 saturated carbocycles. The van der Waals surface area contributed by atoms with Gasteiger partial charge in [0.05, 0.1) is 5.69 Å². The maximum Gasteiger partial charge on any atom is 0.0631 e. The topological polar surface area (TPSA) is 18.8 Å². The zero-order chi connectivity index (χ0) is 19.6. The van der Waals surface area contributed by atoms with Crippen LogP contribution in [-0.2, 0) is 0 Å². The summed E-state index contributed by atoms with van der Waals surface area (Å²) in [6, 6.07) is 15.2. The van der Waals surface area contributed by atoms with Crippen molar-refractivity contribution >= 4 is 23.3 Å². The van der Waals surface area contributed by atoms with Gasteiger partial charge in [-0.3, -0.25) is 4.99 Å². The second kappa shape index (κ2) is 7.75. The van der Waals surface area contributed by atoms with Crippen molar-refractivity contribution in [2.75, 3.05) is 30.4 Å². The van der Waals surface area contributed by atoms with Crippen molar-refractivity contribution in [1.82, 2.24) is 0 Å². The highest BCUT2D eigenvalue weighted by Gasteiger charge is 2.35. The lowest BCUT2D eigenvalue weighted by atomic mass is 9.79. The Hall–Kier alpha value is -2.29. The summed E-state index contributed by atoms with van der Waals surface area (Å²) in [6.07, 6.45) is 4.34. The first-order valence-corrected chi connectivity index (χ1v) is 10.0. The zero-order valence-corrected chi connectivity index (χ0v) is 17.7. The molecule has 144 valence electrons. The molecule has 1 atom stereocenters. The van der Waals surface area contributed by atoms with Gasteiger partial charge in [-0.1, -0.05) is 19.9 Å². The monoisotopic (exact) mass is 363 g/mol. The molecular formula is C24H33N3. The fourth-order valence-electron chi connectivity index (χ4n) is 4.22. The second-order valence-corrected chi connectivity index (χ2v) is 8.56. The molecule has 27 heavy (non-hydrogen) atoms. The number of benzene rings is 2. The molecule has 0 spiro atoms. The van der Waals surface area contributed by atoms with Gasteiger partial charge < -0.3 is 9.80 Å². The van der Waals surface area contributed by atoms with E-state index in [9.17, 15) is 0 Å². The number of anilines is 2. The third-order valence-electron chi connectivity index (χ3n) is 5.59. The quantitative estimate of drug-likeness (QED) is 0.606. The average Bonchev–Trinajstić information content (AvgIpc) is 2.63. The number of rotatable bonds is 5. The van der Waals surface area contributed by atoms with E-state index in [1.54, 1.807) is 0 Å². The van der Waals surface area contributed by atoms with Crippen LogP contribution in [0.25, 0.3) is 0 Å². The van der Waals surface area contributed by atoms with Gasteiger partial charge in [-0.2, -0.15) is 0 Å². The van der Waals surface area contributed by atoms with Crippen molar-refractivity contribution in [1.29, 1.82) is 0 Å². The summed E-state index contributed by atoms with van der Waals surface area (Å²) in [5.74, 6) is 0.566. The minimum atomic E-state index is 0.215. The summed E-state index contributed by atoms with van der Waals surface area (Å²) < 4.78 is 0. The Kier molecular flexibility index (Phi) is 5.59.